The van der Waals surface area contributed by atoms with Crippen molar-refractivity contribution >= 4 is 16.9 Å². The van der Waals surface area contributed by atoms with Gasteiger partial charge >= 0.3 is 0 Å². The Morgan fingerprint density at radius 2 is 2.22 bits per heavy atom. The topological polar surface area (TPSA) is 69.9 Å². The van der Waals surface area contributed by atoms with Crippen molar-refractivity contribution in [3.63, 3.8) is 0 Å². The molecular formula is C13H14N4O. The first-order valence-corrected chi connectivity index (χ1v) is 5.86. The molecule has 0 fully saturated rings. The maximum Gasteiger partial charge on any atom is 0.232 e. The number of nitrogens with zero attached hydrogens (tertiary/aromatic N) is 3. The van der Waals surface area contributed by atoms with Crippen LogP contribution >= 0.6 is 0 Å². The van der Waals surface area contributed by atoms with Gasteiger partial charge in [-0.05, 0) is 24.1 Å². The first kappa shape index (κ1) is 10.8. The summed E-state index contributed by atoms with van der Waals surface area (Å²) in [5, 5.41) is 4.09. The van der Waals surface area contributed by atoms with Crippen LogP contribution in [-0.4, -0.2) is 14.8 Å². The highest BCUT2D eigenvalue weighted by molar-refractivity contribution is 5.79. The second kappa shape index (κ2) is 3.87. The number of anilines is 1. The van der Waals surface area contributed by atoms with Crippen molar-refractivity contribution in [3.05, 3.63) is 30.0 Å². The summed E-state index contributed by atoms with van der Waals surface area (Å²) in [7, 11) is 1.79. The second-order valence-corrected chi connectivity index (χ2v) is 4.24. The molecule has 0 saturated heterocycles. The molecule has 2 aromatic heterocycles. The van der Waals surface area contributed by atoms with Crippen LogP contribution in [-0.2, 0) is 13.5 Å². The summed E-state index contributed by atoms with van der Waals surface area (Å²) < 4.78 is 7.30. The van der Waals surface area contributed by atoms with E-state index in [1.165, 1.54) is 5.56 Å². The van der Waals surface area contributed by atoms with Crippen LogP contribution in [0.25, 0.3) is 22.6 Å². The highest BCUT2D eigenvalue weighted by Gasteiger charge is 2.14. The van der Waals surface area contributed by atoms with Gasteiger partial charge in [0.05, 0.1) is 11.8 Å². The second-order valence-electron chi connectivity index (χ2n) is 4.24. The highest BCUT2D eigenvalue weighted by atomic mass is 16.3. The first-order valence-electron chi connectivity index (χ1n) is 5.86. The number of rotatable bonds is 2. The molecule has 0 aliphatic carbocycles. The monoisotopic (exact) mass is 242 g/mol. The maximum absolute atomic E-state index is 5.91. The predicted octanol–water partition coefficient (Wildman–Crippen LogP) is 2.37. The minimum atomic E-state index is 0.517. The number of nitrogen functional groups attached to an aromatic ring is 1. The predicted molar refractivity (Wildman–Crippen MR) is 70.0 cm³/mol. The summed E-state index contributed by atoms with van der Waals surface area (Å²) in [6, 6.07) is 6.02. The molecule has 1 aromatic carbocycles. The van der Waals surface area contributed by atoms with Crippen LogP contribution in [0.5, 0.6) is 0 Å². The molecule has 0 aliphatic rings. The van der Waals surface area contributed by atoms with E-state index in [-0.39, 0.29) is 0 Å². The van der Waals surface area contributed by atoms with Gasteiger partial charge in [0.15, 0.2) is 5.58 Å². The molecule has 0 saturated carbocycles. The van der Waals surface area contributed by atoms with Crippen molar-refractivity contribution in [3.8, 4) is 11.5 Å². The van der Waals surface area contributed by atoms with Crippen molar-refractivity contribution in [2.75, 3.05) is 5.73 Å². The van der Waals surface area contributed by atoms with Crippen LogP contribution in [0.15, 0.2) is 28.8 Å². The van der Waals surface area contributed by atoms with Crippen molar-refractivity contribution < 1.29 is 4.42 Å². The van der Waals surface area contributed by atoms with Gasteiger partial charge in [-0.1, -0.05) is 13.0 Å². The van der Waals surface area contributed by atoms with Crippen molar-refractivity contribution in [1.29, 1.82) is 0 Å². The largest absolute Gasteiger partial charge is 0.436 e. The standard InChI is InChI=1S/C13H14N4O/c1-3-8-4-5-11-10(6-8)16-13(18-11)9-7-15-17(2)12(9)14/h4-7H,3,14H2,1-2H3. The van der Waals surface area contributed by atoms with Crippen LogP contribution in [0.4, 0.5) is 5.82 Å². The molecule has 0 radical (unpaired) electrons. The molecular weight excluding hydrogens is 228 g/mol. The van der Waals surface area contributed by atoms with Gasteiger partial charge in [-0.15, -0.1) is 0 Å². The molecule has 0 spiro atoms. The molecule has 5 heteroatoms. The minimum absolute atomic E-state index is 0.517. The van der Waals surface area contributed by atoms with E-state index in [2.05, 4.69) is 17.0 Å². The quantitative estimate of drug-likeness (QED) is 0.749. The molecule has 18 heavy (non-hydrogen) atoms. The molecule has 3 aromatic rings. The van der Waals surface area contributed by atoms with E-state index in [4.69, 9.17) is 10.2 Å². The van der Waals surface area contributed by atoms with Gasteiger partial charge in [0.1, 0.15) is 11.3 Å². The Morgan fingerprint density at radius 3 is 2.89 bits per heavy atom. The molecule has 0 amide bonds. The Morgan fingerprint density at radius 1 is 1.39 bits per heavy atom. The van der Waals surface area contributed by atoms with Gasteiger partial charge in [-0.2, -0.15) is 5.10 Å². The summed E-state index contributed by atoms with van der Waals surface area (Å²) in [5.74, 6) is 1.07. The molecule has 0 aliphatic heterocycles. The smallest absolute Gasteiger partial charge is 0.232 e. The Kier molecular flexibility index (Phi) is 2.33. The van der Waals surface area contributed by atoms with Crippen LogP contribution in [0.1, 0.15) is 12.5 Å². The number of hydrogen-bond donors (Lipinski definition) is 1. The normalized spacial score (nSPS) is 11.2. The lowest BCUT2D eigenvalue weighted by Crippen LogP contribution is -1.97. The number of fused-ring (bicyclic) bond motifs is 1. The number of nitrogens with two attached hydrogens (primary N) is 1. The summed E-state index contributed by atoms with van der Waals surface area (Å²) in [6.07, 6.45) is 2.65. The molecule has 2 N–H and O–H groups in total. The van der Waals surface area contributed by atoms with Crippen LogP contribution in [0.3, 0.4) is 0 Å². The average Bonchev–Trinajstić information content (AvgIpc) is 2.93. The Bertz CT molecular complexity index is 711. The number of aryl methyl sites for hydroxylation is 2. The fourth-order valence-electron chi connectivity index (χ4n) is 1.92. The molecule has 0 bridgehead atoms. The van der Waals surface area contributed by atoms with E-state index in [0.717, 1.165) is 23.1 Å². The average molecular weight is 242 g/mol. The maximum atomic E-state index is 5.91. The van der Waals surface area contributed by atoms with E-state index in [0.29, 0.717) is 11.7 Å². The number of benzene rings is 1. The molecule has 2 heterocycles. The minimum Gasteiger partial charge on any atom is -0.436 e. The Balaban J connectivity index is 2.16. The van der Waals surface area contributed by atoms with Gasteiger partial charge in [0, 0.05) is 7.05 Å². The highest BCUT2D eigenvalue weighted by Crippen LogP contribution is 2.28. The lowest BCUT2D eigenvalue weighted by molar-refractivity contribution is 0.620. The third-order valence-corrected chi connectivity index (χ3v) is 3.08. The fraction of sp³-hybridized carbons (Fsp3) is 0.231. The number of aromatic nitrogens is 3. The molecule has 0 unspecified atom stereocenters. The lowest BCUT2D eigenvalue weighted by atomic mass is 10.1. The van der Waals surface area contributed by atoms with Gasteiger partial charge in [0.2, 0.25) is 5.89 Å². The van der Waals surface area contributed by atoms with Crippen molar-refractivity contribution in [2.45, 2.75) is 13.3 Å². The number of oxazole rings is 1. The van der Waals surface area contributed by atoms with Gasteiger partial charge in [-0.3, -0.25) is 4.68 Å². The van der Waals surface area contributed by atoms with Crippen LogP contribution < -0.4 is 5.73 Å². The Labute approximate surface area is 104 Å². The summed E-state index contributed by atoms with van der Waals surface area (Å²) in [4.78, 5) is 4.47. The van der Waals surface area contributed by atoms with E-state index >= 15 is 0 Å². The van der Waals surface area contributed by atoms with E-state index in [9.17, 15) is 0 Å². The molecule has 0 atom stereocenters. The zero-order chi connectivity index (χ0) is 12.7. The molecule has 5 nitrogen and oxygen atoms in total. The van der Waals surface area contributed by atoms with Crippen LogP contribution in [0, 0.1) is 0 Å². The van der Waals surface area contributed by atoms with Gasteiger partial charge in [0.25, 0.3) is 0 Å². The fourth-order valence-corrected chi connectivity index (χ4v) is 1.92. The van der Waals surface area contributed by atoms with E-state index in [1.54, 1.807) is 17.9 Å². The zero-order valence-electron chi connectivity index (χ0n) is 10.3. The van der Waals surface area contributed by atoms with Gasteiger partial charge in [-0.25, -0.2) is 4.98 Å². The summed E-state index contributed by atoms with van der Waals surface area (Å²) in [5.41, 5.74) is 9.50. The summed E-state index contributed by atoms with van der Waals surface area (Å²) >= 11 is 0. The lowest BCUT2D eigenvalue weighted by Gasteiger charge is -1.94. The zero-order valence-corrected chi connectivity index (χ0v) is 10.3. The van der Waals surface area contributed by atoms with Crippen molar-refractivity contribution in [2.24, 2.45) is 7.05 Å². The van der Waals surface area contributed by atoms with Crippen LogP contribution in [0.2, 0.25) is 0 Å². The third kappa shape index (κ3) is 1.55. The van der Waals surface area contributed by atoms with Gasteiger partial charge < -0.3 is 10.2 Å². The Hall–Kier alpha value is -2.30. The third-order valence-electron chi connectivity index (χ3n) is 3.08. The van der Waals surface area contributed by atoms with Crippen molar-refractivity contribution in [1.82, 2.24) is 14.8 Å². The van der Waals surface area contributed by atoms with E-state index in [1.807, 2.05) is 18.2 Å². The molecule has 92 valence electrons. The number of hydrogen-bond acceptors (Lipinski definition) is 4. The summed E-state index contributed by atoms with van der Waals surface area (Å²) in [6.45, 7) is 2.11. The van der Waals surface area contributed by atoms with E-state index < -0.39 is 0 Å². The first-order chi connectivity index (χ1) is 8.69. The SMILES string of the molecule is CCc1ccc2oc(-c3cnn(C)c3N)nc2c1. The molecule has 3 rings (SSSR count).